The van der Waals surface area contributed by atoms with Gasteiger partial charge in [0.25, 0.3) is 11.8 Å². The van der Waals surface area contributed by atoms with Crippen LogP contribution in [0.5, 0.6) is 5.75 Å². The predicted molar refractivity (Wildman–Crippen MR) is 121 cm³/mol. The topological polar surface area (TPSA) is 49.9 Å². The normalized spacial score (nSPS) is 14.2. The summed E-state index contributed by atoms with van der Waals surface area (Å²) in [7, 11) is 0. The van der Waals surface area contributed by atoms with E-state index >= 15 is 0 Å². The first-order valence-corrected chi connectivity index (χ1v) is 11.1. The van der Waals surface area contributed by atoms with Crippen LogP contribution in [0.4, 0.5) is 0 Å². The number of para-hydroxylation sites is 1. The van der Waals surface area contributed by atoms with Gasteiger partial charge in [-0.3, -0.25) is 9.59 Å². The summed E-state index contributed by atoms with van der Waals surface area (Å²) >= 11 is 13.8. The first-order chi connectivity index (χ1) is 14.4. The maximum absolute atomic E-state index is 13.0. The lowest BCUT2D eigenvalue weighted by Crippen LogP contribution is -2.51. The number of aryl methyl sites for hydroxylation is 1. The molecule has 2 aromatic carbocycles. The number of thiophene rings is 1. The van der Waals surface area contributed by atoms with Crippen molar-refractivity contribution in [1.29, 1.82) is 0 Å². The Balaban J connectivity index is 1.36. The molecule has 0 bridgehead atoms. The van der Waals surface area contributed by atoms with E-state index in [1.165, 1.54) is 11.3 Å². The number of carbonyl (C=O) groups excluding carboxylic acids is 2. The molecule has 0 saturated carbocycles. The van der Waals surface area contributed by atoms with Crippen molar-refractivity contribution in [3.63, 3.8) is 0 Å². The van der Waals surface area contributed by atoms with Gasteiger partial charge in [0.15, 0.2) is 6.61 Å². The highest BCUT2D eigenvalue weighted by Gasteiger charge is 2.28. The van der Waals surface area contributed by atoms with Crippen molar-refractivity contribution >= 4 is 56.4 Å². The molecule has 1 fully saturated rings. The van der Waals surface area contributed by atoms with Gasteiger partial charge < -0.3 is 14.5 Å². The summed E-state index contributed by atoms with van der Waals surface area (Å²) in [5.41, 5.74) is 0.988. The number of hydrogen-bond acceptors (Lipinski definition) is 4. The van der Waals surface area contributed by atoms with Crippen LogP contribution in [-0.2, 0) is 4.79 Å². The number of fused-ring (bicyclic) bond motifs is 1. The Kier molecular flexibility index (Phi) is 6.18. The molecule has 8 heteroatoms. The summed E-state index contributed by atoms with van der Waals surface area (Å²) < 4.78 is 6.54. The average molecular weight is 463 g/mol. The standard InChI is InChI=1S/C22H20Cl2N2O3S/c1-14-4-2-3-5-17(14)29-13-19(27)25-8-10-26(11-9-25)22(28)21-20(24)16-7-6-15(23)12-18(16)30-21/h2-7,12H,8-11,13H2,1H3. The molecule has 0 atom stereocenters. The molecule has 0 radical (unpaired) electrons. The molecule has 4 rings (SSSR count). The van der Waals surface area contributed by atoms with Gasteiger partial charge in [0.05, 0.1) is 5.02 Å². The second kappa shape index (κ2) is 8.84. The van der Waals surface area contributed by atoms with E-state index < -0.39 is 0 Å². The van der Waals surface area contributed by atoms with Gasteiger partial charge in [-0.25, -0.2) is 0 Å². The van der Waals surface area contributed by atoms with E-state index in [0.29, 0.717) is 46.9 Å². The van der Waals surface area contributed by atoms with Crippen molar-refractivity contribution in [3.8, 4) is 5.75 Å². The minimum absolute atomic E-state index is 0.0122. The van der Waals surface area contributed by atoms with Crippen LogP contribution in [0.3, 0.4) is 0 Å². The lowest BCUT2D eigenvalue weighted by molar-refractivity contribution is -0.134. The second-order valence-electron chi connectivity index (χ2n) is 7.11. The molecule has 5 nitrogen and oxygen atoms in total. The first-order valence-electron chi connectivity index (χ1n) is 9.57. The van der Waals surface area contributed by atoms with Gasteiger partial charge in [0.2, 0.25) is 0 Å². The Labute approximate surface area is 188 Å². The van der Waals surface area contributed by atoms with Crippen LogP contribution < -0.4 is 4.74 Å². The summed E-state index contributed by atoms with van der Waals surface area (Å²) in [5, 5.41) is 1.90. The molecule has 156 valence electrons. The summed E-state index contributed by atoms with van der Waals surface area (Å²) in [6, 6.07) is 13.0. The molecule has 0 N–H and O–H groups in total. The van der Waals surface area contributed by atoms with E-state index in [9.17, 15) is 9.59 Å². The Hall–Kier alpha value is -2.28. The van der Waals surface area contributed by atoms with Crippen LogP contribution in [0.2, 0.25) is 10.0 Å². The van der Waals surface area contributed by atoms with Crippen molar-refractivity contribution in [2.75, 3.05) is 32.8 Å². The van der Waals surface area contributed by atoms with Gasteiger partial charge in [-0.15, -0.1) is 11.3 Å². The smallest absolute Gasteiger partial charge is 0.265 e. The fourth-order valence-corrected chi connectivity index (χ4v) is 5.18. The van der Waals surface area contributed by atoms with E-state index in [-0.39, 0.29) is 18.4 Å². The maximum Gasteiger partial charge on any atom is 0.265 e. The number of nitrogens with zero attached hydrogens (tertiary/aromatic N) is 2. The van der Waals surface area contributed by atoms with Crippen molar-refractivity contribution in [3.05, 3.63) is 63.0 Å². The number of halogens is 2. The molecule has 1 aliphatic rings. The van der Waals surface area contributed by atoms with Crippen LogP contribution in [0.15, 0.2) is 42.5 Å². The second-order valence-corrected chi connectivity index (χ2v) is 8.98. The zero-order valence-corrected chi connectivity index (χ0v) is 18.7. The summed E-state index contributed by atoms with van der Waals surface area (Å²) in [5.74, 6) is 0.514. The lowest BCUT2D eigenvalue weighted by Gasteiger charge is -2.34. The van der Waals surface area contributed by atoms with Crippen molar-refractivity contribution in [2.45, 2.75) is 6.92 Å². The molecule has 0 spiro atoms. The highest BCUT2D eigenvalue weighted by atomic mass is 35.5. The fourth-order valence-electron chi connectivity index (χ4n) is 3.43. The lowest BCUT2D eigenvalue weighted by atomic mass is 10.2. The van der Waals surface area contributed by atoms with Gasteiger partial charge in [0, 0.05) is 41.3 Å². The van der Waals surface area contributed by atoms with Crippen LogP contribution in [0.1, 0.15) is 15.2 Å². The van der Waals surface area contributed by atoms with Gasteiger partial charge in [0.1, 0.15) is 10.6 Å². The number of ether oxygens (including phenoxy) is 1. The maximum atomic E-state index is 13.0. The summed E-state index contributed by atoms with van der Waals surface area (Å²) in [4.78, 5) is 29.5. The van der Waals surface area contributed by atoms with Crippen LogP contribution in [0, 0.1) is 6.92 Å². The summed E-state index contributed by atoms with van der Waals surface area (Å²) in [6.45, 7) is 3.78. The van der Waals surface area contributed by atoms with Crippen molar-refractivity contribution < 1.29 is 14.3 Å². The first kappa shape index (κ1) is 21.0. The van der Waals surface area contributed by atoms with Crippen molar-refractivity contribution in [1.82, 2.24) is 9.80 Å². The molecule has 1 saturated heterocycles. The number of amides is 2. The SMILES string of the molecule is Cc1ccccc1OCC(=O)N1CCN(C(=O)c2sc3cc(Cl)ccc3c2Cl)CC1. The number of rotatable bonds is 4. The molecule has 3 aromatic rings. The van der Waals surface area contributed by atoms with Crippen LogP contribution in [0.25, 0.3) is 10.1 Å². The fraction of sp³-hybridized carbons (Fsp3) is 0.273. The molecule has 0 aliphatic carbocycles. The third-order valence-corrected chi connectivity index (χ3v) is 7.03. The van der Waals surface area contributed by atoms with E-state index in [4.69, 9.17) is 27.9 Å². The Morgan fingerprint density at radius 3 is 2.47 bits per heavy atom. The van der Waals surface area contributed by atoms with Crippen LogP contribution in [-0.4, -0.2) is 54.4 Å². The predicted octanol–water partition coefficient (Wildman–Crippen LogP) is 4.88. The quantitative estimate of drug-likeness (QED) is 0.554. The zero-order valence-electron chi connectivity index (χ0n) is 16.4. The number of benzene rings is 2. The largest absolute Gasteiger partial charge is 0.484 e. The molecule has 1 aromatic heterocycles. The minimum Gasteiger partial charge on any atom is -0.484 e. The highest BCUT2D eigenvalue weighted by Crippen LogP contribution is 2.37. The molecule has 1 aliphatic heterocycles. The third-order valence-electron chi connectivity index (χ3n) is 5.15. The third kappa shape index (κ3) is 4.26. The Bertz CT molecular complexity index is 1110. The molecular weight excluding hydrogens is 443 g/mol. The Morgan fingerprint density at radius 2 is 1.73 bits per heavy atom. The Morgan fingerprint density at radius 1 is 1.03 bits per heavy atom. The van der Waals surface area contributed by atoms with Gasteiger partial charge in [-0.2, -0.15) is 0 Å². The van der Waals surface area contributed by atoms with Gasteiger partial charge in [-0.1, -0.05) is 47.5 Å². The van der Waals surface area contributed by atoms with Crippen molar-refractivity contribution in [2.24, 2.45) is 0 Å². The molecule has 2 amide bonds. The van der Waals surface area contributed by atoms with Gasteiger partial charge in [-0.05, 0) is 30.7 Å². The monoisotopic (exact) mass is 462 g/mol. The number of hydrogen-bond donors (Lipinski definition) is 0. The van der Waals surface area contributed by atoms with E-state index in [0.717, 1.165) is 15.6 Å². The van der Waals surface area contributed by atoms with E-state index in [1.54, 1.807) is 15.9 Å². The highest BCUT2D eigenvalue weighted by molar-refractivity contribution is 7.21. The number of piperazine rings is 1. The molecular formula is C22H20Cl2N2O3S. The van der Waals surface area contributed by atoms with Crippen LogP contribution >= 0.6 is 34.5 Å². The average Bonchev–Trinajstić information content (AvgIpc) is 3.08. The van der Waals surface area contributed by atoms with Gasteiger partial charge >= 0.3 is 0 Å². The van der Waals surface area contributed by atoms with E-state index in [2.05, 4.69) is 0 Å². The minimum atomic E-state index is -0.111. The zero-order chi connectivity index (χ0) is 21.3. The number of carbonyl (C=O) groups is 2. The summed E-state index contributed by atoms with van der Waals surface area (Å²) in [6.07, 6.45) is 0. The van der Waals surface area contributed by atoms with E-state index in [1.807, 2.05) is 43.3 Å². The molecule has 2 heterocycles. The molecule has 0 unspecified atom stereocenters. The molecule has 30 heavy (non-hydrogen) atoms.